The van der Waals surface area contributed by atoms with Crippen LogP contribution in [0.5, 0.6) is 0 Å². The molecule has 0 amide bonds. The minimum absolute atomic E-state index is 1.10. The highest BCUT2D eigenvalue weighted by Crippen LogP contribution is 2.42. The van der Waals surface area contributed by atoms with Gasteiger partial charge in [-0.15, -0.1) is 0 Å². The Balaban J connectivity index is 1.14. The van der Waals surface area contributed by atoms with Crippen molar-refractivity contribution in [3.05, 3.63) is 206 Å². The van der Waals surface area contributed by atoms with Crippen molar-refractivity contribution in [1.82, 2.24) is 9.13 Å². The lowest BCUT2D eigenvalue weighted by Gasteiger charge is -2.14. The minimum atomic E-state index is 1.10. The van der Waals surface area contributed by atoms with Crippen LogP contribution in [0.3, 0.4) is 0 Å². The molecule has 0 atom stereocenters. The van der Waals surface area contributed by atoms with E-state index in [-0.39, 0.29) is 0 Å². The third-order valence-corrected chi connectivity index (χ3v) is 11.0. The quantitative estimate of drug-likeness (QED) is 0.156. The highest BCUT2D eigenvalue weighted by molar-refractivity contribution is 6.20. The third-order valence-electron chi connectivity index (χ3n) is 11.0. The molecule has 0 N–H and O–H groups in total. The van der Waals surface area contributed by atoms with Gasteiger partial charge in [-0.2, -0.15) is 0 Å². The number of rotatable bonds is 7. The number of hydrogen-bond donors (Lipinski definition) is 0. The molecule has 55 heavy (non-hydrogen) atoms. The molecule has 260 valence electrons. The second kappa shape index (κ2) is 13.4. The molecule has 0 aliphatic carbocycles. The molecule has 0 aliphatic rings. The van der Waals surface area contributed by atoms with Gasteiger partial charge in [0.05, 0.1) is 22.2 Å². The van der Waals surface area contributed by atoms with Gasteiger partial charge in [0.2, 0.25) is 0 Å². The summed E-state index contributed by atoms with van der Waals surface area (Å²) in [7, 11) is 0. The topological polar surface area (TPSA) is 9.86 Å². The summed E-state index contributed by atoms with van der Waals surface area (Å²) in [6, 6.07) is 66.0. The van der Waals surface area contributed by atoms with Crippen LogP contribution in [-0.4, -0.2) is 9.13 Å². The largest absolute Gasteiger partial charge is 0.307 e. The zero-order chi connectivity index (χ0) is 36.9. The molecular weight excluding hydrogens is 665 g/mol. The Labute approximate surface area is 321 Å². The first-order chi connectivity index (χ1) is 27.2. The Hall–Kier alpha value is -7.16. The summed E-state index contributed by atoms with van der Waals surface area (Å²) in [5.41, 5.74) is 15.2. The maximum atomic E-state index is 4.32. The molecule has 0 unspecified atom stereocenters. The highest BCUT2D eigenvalue weighted by Gasteiger charge is 2.22. The molecule has 8 aromatic carbocycles. The van der Waals surface area contributed by atoms with Crippen molar-refractivity contribution in [2.45, 2.75) is 6.92 Å². The van der Waals surface area contributed by atoms with Gasteiger partial charge in [-0.25, -0.2) is 0 Å². The Morgan fingerprint density at radius 2 is 0.945 bits per heavy atom. The zero-order valence-electron chi connectivity index (χ0n) is 30.7. The van der Waals surface area contributed by atoms with E-state index in [1.165, 1.54) is 71.3 Å². The zero-order valence-corrected chi connectivity index (χ0v) is 30.7. The predicted molar refractivity (Wildman–Crippen MR) is 236 cm³/mol. The third kappa shape index (κ3) is 5.34. The SMILES string of the molecule is C=Cc1c(/C=C\C)n(-c2ccc(-c3ccc(-c4cccc5ccccc45)cc3)cc2)c2c1ccc1c3ccccc3n(-c3ccc(-c4ccccc4)cc3)c12. The molecule has 10 rings (SSSR count). The molecule has 10 aromatic rings. The molecule has 0 bridgehead atoms. The summed E-state index contributed by atoms with van der Waals surface area (Å²) in [5, 5.41) is 6.16. The second-order valence-corrected chi connectivity index (χ2v) is 14.1. The summed E-state index contributed by atoms with van der Waals surface area (Å²) in [4.78, 5) is 0. The van der Waals surface area contributed by atoms with Crippen LogP contribution in [-0.2, 0) is 0 Å². The number of allylic oxidation sites excluding steroid dienone is 1. The number of fused-ring (bicyclic) bond motifs is 6. The van der Waals surface area contributed by atoms with E-state index in [9.17, 15) is 0 Å². The Morgan fingerprint density at radius 1 is 0.418 bits per heavy atom. The van der Waals surface area contributed by atoms with Crippen LogP contribution in [0.15, 0.2) is 195 Å². The lowest BCUT2D eigenvalue weighted by atomic mass is 9.96. The average Bonchev–Trinajstić information content (AvgIpc) is 3.76. The van der Waals surface area contributed by atoms with Crippen molar-refractivity contribution >= 4 is 55.6 Å². The van der Waals surface area contributed by atoms with Gasteiger partial charge in [-0.1, -0.05) is 170 Å². The van der Waals surface area contributed by atoms with E-state index >= 15 is 0 Å². The lowest BCUT2D eigenvalue weighted by Crippen LogP contribution is -2.00. The summed E-state index contributed by atoms with van der Waals surface area (Å²) in [5.74, 6) is 0. The van der Waals surface area contributed by atoms with Crippen LogP contribution in [0.4, 0.5) is 0 Å². The minimum Gasteiger partial charge on any atom is -0.307 e. The van der Waals surface area contributed by atoms with Crippen LogP contribution in [0, 0.1) is 0 Å². The number of benzene rings is 8. The highest BCUT2D eigenvalue weighted by atomic mass is 15.0. The number of nitrogens with zero attached hydrogens (tertiary/aromatic N) is 2. The van der Waals surface area contributed by atoms with Gasteiger partial charge in [0.1, 0.15) is 0 Å². The van der Waals surface area contributed by atoms with Crippen molar-refractivity contribution in [1.29, 1.82) is 0 Å². The second-order valence-electron chi connectivity index (χ2n) is 14.1. The van der Waals surface area contributed by atoms with Crippen molar-refractivity contribution in [2.75, 3.05) is 0 Å². The fourth-order valence-electron chi connectivity index (χ4n) is 8.49. The van der Waals surface area contributed by atoms with E-state index in [0.717, 1.165) is 28.1 Å². The first kappa shape index (κ1) is 32.5. The van der Waals surface area contributed by atoms with Crippen molar-refractivity contribution in [3.8, 4) is 44.8 Å². The normalized spacial score (nSPS) is 11.7. The van der Waals surface area contributed by atoms with E-state index in [2.05, 4.69) is 217 Å². The Kier molecular flexibility index (Phi) is 7.89. The molecule has 0 fully saturated rings. The van der Waals surface area contributed by atoms with E-state index in [1.807, 2.05) is 6.08 Å². The van der Waals surface area contributed by atoms with Crippen molar-refractivity contribution in [2.24, 2.45) is 0 Å². The summed E-state index contributed by atoms with van der Waals surface area (Å²) in [6.07, 6.45) is 6.34. The Morgan fingerprint density at radius 3 is 1.64 bits per heavy atom. The maximum absolute atomic E-state index is 4.32. The van der Waals surface area contributed by atoms with Gasteiger partial charge >= 0.3 is 0 Å². The van der Waals surface area contributed by atoms with Crippen LogP contribution >= 0.6 is 0 Å². The molecular formula is C53H38N2. The lowest BCUT2D eigenvalue weighted by molar-refractivity contribution is 1.10. The van der Waals surface area contributed by atoms with Gasteiger partial charge in [0.15, 0.2) is 0 Å². The summed E-state index contributed by atoms with van der Waals surface area (Å²) < 4.78 is 4.87. The fraction of sp³-hybridized carbons (Fsp3) is 0.0189. The molecule has 2 nitrogen and oxygen atoms in total. The number of aromatic nitrogens is 2. The number of hydrogen-bond acceptors (Lipinski definition) is 0. The first-order valence-corrected chi connectivity index (χ1v) is 18.9. The first-order valence-electron chi connectivity index (χ1n) is 18.9. The molecule has 2 aromatic heterocycles. The Bertz CT molecular complexity index is 3060. The molecule has 2 heteroatoms. The van der Waals surface area contributed by atoms with Crippen LogP contribution in [0.1, 0.15) is 18.2 Å². The molecule has 0 radical (unpaired) electrons. The maximum Gasteiger partial charge on any atom is 0.0788 e. The molecule has 0 saturated heterocycles. The van der Waals surface area contributed by atoms with Crippen molar-refractivity contribution in [3.63, 3.8) is 0 Å². The molecule has 0 spiro atoms. The average molecular weight is 703 g/mol. The van der Waals surface area contributed by atoms with Gasteiger partial charge in [0.25, 0.3) is 0 Å². The smallest absolute Gasteiger partial charge is 0.0788 e. The van der Waals surface area contributed by atoms with Gasteiger partial charge in [-0.05, 0) is 87.5 Å². The number of para-hydroxylation sites is 1. The standard InChI is InChI=1S/C53H38N2/c1-3-13-50-44(4-2)48-34-35-49-47-19-10-11-21-51(47)55(43-30-26-38(27-31-43)36-14-6-5-7-15-36)53(49)52(48)54(50)42-32-28-39(29-33-42)37-22-24-41(25-23-37)46-20-12-17-40-16-8-9-18-45(40)46/h3-35H,2H2,1H3/b13-3-. The fourth-order valence-corrected chi connectivity index (χ4v) is 8.49. The van der Waals surface area contributed by atoms with E-state index in [1.54, 1.807) is 0 Å². The van der Waals surface area contributed by atoms with Crippen molar-refractivity contribution < 1.29 is 0 Å². The van der Waals surface area contributed by atoms with Gasteiger partial charge < -0.3 is 9.13 Å². The van der Waals surface area contributed by atoms with Gasteiger partial charge in [0, 0.05) is 33.1 Å². The van der Waals surface area contributed by atoms with Crippen LogP contribution in [0.2, 0.25) is 0 Å². The summed E-state index contributed by atoms with van der Waals surface area (Å²) in [6.45, 7) is 6.40. The van der Waals surface area contributed by atoms with E-state index in [0.29, 0.717) is 0 Å². The van der Waals surface area contributed by atoms with E-state index < -0.39 is 0 Å². The molecule has 0 aliphatic heterocycles. The monoisotopic (exact) mass is 702 g/mol. The summed E-state index contributed by atoms with van der Waals surface area (Å²) >= 11 is 0. The molecule has 2 heterocycles. The van der Waals surface area contributed by atoms with Gasteiger partial charge in [-0.3, -0.25) is 0 Å². The van der Waals surface area contributed by atoms with E-state index in [4.69, 9.17) is 0 Å². The molecule has 0 saturated carbocycles. The van der Waals surface area contributed by atoms with Crippen LogP contribution in [0.25, 0.3) is 100 Å². The van der Waals surface area contributed by atoms with Crippen LogP contribution < -0.4 is 0 Å². The predicted octanol–water partition coefficient (Wildman–Crippen LogP) is 14.6.